The van der Waals surface area contributed by atoms with E-state index in [9.17, 15) is 13.2 Å². The highest BCUT2D eigenvalue weighted by Gasteiger charge is 2.24. The molecule has 96 valence electrons. The predicted octanol–water partition coefficient (Wildman–Crippen LogP) is -0.492. The summed E-state index contributed by atoms with van der Waals surface area (Å²) in [5.41, 5.74) is 0. The number of nitrogens with one attached hydrogen (secondary N) is 2. The molecule has 0 spiro atoms. The molecule has 1 amide bonds. The number of hydrogen-bond acceptors (Lipinski definition) is 5. The maximum atomic E-state index is 11.7. The Bertz CT molecular complexity index is 413. The minimum Gasteiger partial charge on any atom is -0.349 e. The van der Waals surface area contributed by atoms with Gasteiger partial charge in [-0.2, -0.15) is 11.8 Å². The highest BCUT2D eigenvalue weighted by molar-refractivity contribution is 7.99. The second-order valence-electron chi connectivity index (χ2n) is 4.26. The van der Waals surface area contributed by atoms with Crippen molar-refractivity contribution in [3.05, 3.63) is 11.5 Å². The molecule has 0 aromatic rings. The monoisotopic (exact) mass is 276 g/mol. The molecule has 2 rings (SSSR count). The second kappa shape index (κ2) is 5.41. The van der Waals surface area contributed by atoms with Crippen molar-refractivity contribution in [1.29, 1.82) is 0 Å². The molecular weight excluding hydrogens is 260 g/mol. The number of carbonyl (C=O) groups is 1. The maximum absolute atomic E-state index is 11.7. The highest BCUT2D eigenvalue weighted by Crippen LogP contribution is 2.11. The van der Waals surface area contributed by atoms with Crippen LogP contribution in [0.15, 0.2) is 11.5 Å². The molecular formula is C10H16N2O3S2. The summed E-state index contributed by atoms with van der Waals surface area (Å²) in [6.45, 7) is 0.931. The van der Waals surface area contributed by atoms with E-state index in [2.05, 4.69) is 10.6 Å². The molecule has 0 aliphatic carbocycles. The number of rotatable bonds is 3. The molecule has 2 N–H and O–H groups in total. The summed E-state index contributed by atoms with van der Waals surface area (Å²) in [5, 5.41) is 7.17. The summed E-state index contributed by atoms with van der Waals surface area (Å²) in [7, 11) is -3.09. The van der Waals surface area contributed by atoms with Crippen molar-refractivity contribution >= 4 is 27.5 Å². The van der Waals surface area contributed by atoms with Gasteiger partial charge in [0.1, 0.15) is 0 Å². The van der Waals surface area contributed by atoms with Crippen molar-refractivity contribution in [3.63, 3.8) is 0 Å². The van der Waals surface area contributed by atoms with Gasteiger partial charge in [-0.15, -0.1) is 0 Å². The van der Waals surface area contributed by atoms with E-state index in [0.29, 0.717) is 6.42 Å². The van der Waals surface area contributed by atoms with Gasteiger partial charge in [0.15, 0.2) is 9.84 Å². The standard InChI is InChI=1S/C10H16N2O3S2/c13-10(5-9-6-16-3-2-11-9)12-8-1-4-17(14,15)7-8/h1,4,8-9,11H,2-3,5-7H2,(H,12,13). The molecule has 2 aliphatic rings. The molecule has 0 radical (unpaired) electrons. The van der Waals surface area contributed by atoms with Crippen molar-refractivity contribution in [2.75, 3.05) is 23.8 Å². The van der Waals surface area contributed by atoms with Gasteiger partial charge in [-0.25, -0.2) is 8.42 Å². The van der Waals surface area contributed by atoms with Gasteiger partial charge in [0.2, 0.25) is 5.91 Å². The fraction of sp³-hybridized carbons (Fsp3) is 0.700. The first-order chi connectivity index (χ1) is 8.05. The third kappa shape index (κ3) is 4.01. The zero-order valence-electron chi connectivity index (χ0n) is 9.39. The topological polar surface area (TPSA) is 75.3 Å². The Balaban J connectivity index is 1.76. The SMILES string of the molecule is O=C(CC1CSCCN1)NC1C=CS(=O)(=O)C1. The van der Waals surface area contributed by atoms with E-state index in [4.69, 9.17) is 0 Å². The van der Waals surface area contributed by atoms with Gasteiger partial charge < -0.3 is 10.6 Å². The molecule has 0 aromatic heterocycles. The molecule has 2 unspecified atom stereocenters. The average Bonchev–Trinajstić information content (AvgIpc) is 2.59. The van der Waals surface area contributed by atoms with E-state index in [1.165, 1.54) is 11.5 Å². The average molecular weight is 276 g/mol. The lowest BCUT2D eigenvalue weighted by Gasteiger charge is -2.23. The van der Waals surface area contributed by atoms with Gasteiger partial charge in [-0.1, -0.05) is 0 Å². The van der Waals surface area contributed by atoms with Crippen LogP contribution in [0.3, 0.4) is 0 Å². The molecule has 2 atom stereocenters. The second-order valence-corrected chi connectivity index (χ2v) is 7.34. The Morgan fingerprint density at radius 2 is 2.35 bits per heavy atom. The van der Waals surface area contributed by atoms with E-state index in [1.807, 2.05) is 11.8 Å². The molecule has 0 aromatic carbocycles. The lowest BCUT2D eigenvalue weighted by atomic mass is 10.2. The highest BCUT2D eigenvalue weighted by atomic mass is 32.2. The first kappa shape index (κ1) is 12.9. The molecule has 2 aliphatic heterocycles. The summed E-state index contributed by atoms with van der Waals surface area (Å²) >= 11 is 1.84. The minimum absolute atomic E-state index is 0.00835. The normalized spacial score (nSPS) is 31.3. The summed E-state index contributed by atoms with van der Waals surface area (Å²) in [4.78, 5) is 11.7. The fourth-order valence-corrected chi connectivity index (χ4v) is 4.09. The molecule has 1 fully saturated rings. The van der Waals surface area contributed by atoms with Crippen LogP contribution in [0.2, 0.25) is 0 Å². The number of carbonyl (C=O) groups excluding carboxylic acids is 1. The molecule has 0 saturated carbocycles. The van der Waals surface area contributed by atoms with Gasteiger partial charge >= 0.3 is 0 Å². The van der Waals surface area contributed by atoms with E-state index in [-0.39, 0.29) is 23.7 Å². The molecule has 0 bridgehead atoms. The Morgan fingerprint density at radius 3 is 2.94 bits per heavy atom. The van der Waals surface area contributed by atoms with Gasteiger partial charge in [0.05, 0.1) is 11.8 Å². The van der Waals surface area contributed by atoms with Crippen molar-refractivity contribution in [2.45, 2.75) is 18.5 Å². The number of amides is 1. The van der Waals surface area contributed by atoms with Crippen LogP contribution in [0.25, 0.3) is 0 Å². The van der Waals surface area contributed by atoms with Crippen molar-refractivity contribution in [1.82, 2.24) is 10.6 Å². The quantitative estimate of drug-likeness (QED) is 0.727. The van der Waals surface area contributed by atoms with E-state index in [1.54, 1.807) is 0 Å². The summed E-state index contributed by atoms with van der Waals surface area (Å²) in [5.74, 6) is 1.93. The van der Waals surface area contributed by atoms with Crippen LogP contribution in [-0.4, -0.2) is 50.2 Å². The van der Waals surface area contributed by atoms with Crippen LogP contribution in [0, 0.1) is 0 Å². The fourth-order valence-electron chi connectivity index (χ4n) is 1.91. The molecule has 7 heteroatoms. The van der Waals surface area contributed by atoms with Crippen molar-refractivity contribution < 1.29 is 13.2 Å². The van der Waals surface area contributed by atoms with E-state index >= 15 is 0 Å². The van der Waals surface area contributed by atoms with Gasteiger partial charge in [-0.3, -0.25) is 4.79 Å². The zero-order valence-corrected chi connectivity index (χ0v) is 11.0. The predicted molar refractivity (Wildman–Crippen MR) is 68.6 cm³/mol. The van der Waals surface area contributed by atoms with Crippen LogP contribution in [0.4, 0.5) is 0 Å². The Kier molecular flexibility index (Phi) is 4.11. The summed E-state index contributed by atoms with van der Waals surface area (Å²) < 4.78 is 22.3. The largest absolute Gasteiger partial charge is 0.349 e. The Hall–Kier alpha value is -0.530. The molecule has 1 saturated heterocycles. The van der Waals surface area contributed by atoms with Crippen LogP contribution in [0.5, 0.6) is 0 Å². The smallest absolute Gasteiger partial charge is 0.222 e. The maximum Gasteiger partial charge on any atom is 0.222 e. The minimum atomic E-state index is -3.09. The lowest BCUT2D eigenvalue weighted by Crippen LogP contribution is -2.43. The van der Waals surface area contributed by atoms with Gasteiger partial charge in [0, 0.05) is 35.9 Å². The van der Waals surface area contributed by atoms with Gasteiger partial charge in [-0.05, 0) is 6.08 Å². The summed E-state index contributed by atoms with van der Waals surface area (Å²) in [6, 6.07) is -0.153. The van der Waals surface area contributed by atoms with Crippen molar-refractivity contribution in [2.24, 2.45) is 0 Å². The van der Waals surface area contributed by atoms with E-state index in [0.717, 1.165) is 18.1 Å². The Labute approximate surface area is 105 Å². The van der Waals surface area contributed by atoms with Crippen LogP contribution in [-0.2, 0) is 14.6 Å². The van der Waals surface area contributed by atoms with Crippen molar-refractivity contribution in [3.8, 4) is 0 Å². The number of thioether (sulfide) groups is 1. The van der Waals surface area contributed by atoms with Crippen LogP contribution >= 0.6 is 11.8 Å². The van der Waals surface area contributed by atoms with Gasteiger partial charge in [0.25, 0.3) is 0 Å². The third-order valence-corrected chi connectivity index (χ3v) is 5.23. The molecule has 2 heterocycles. The van der Waals surface area contributed by atoms with E-state index < -0.39 is 9.84 Å². The first-order valence-electron chi connectivity index (χ1n) is 5.57. The zero-order chi connectivity index (χ0) is 12.3. The van der Waals surface area contributed by atoms with Crippen LogP contribution in [0.1, 0.15) is 6.42 Å². The van der Waals surface area contributed by atoms with Crippen LogP contribution < -0.4 is 10.6 Å². The molecule has 17 heavy (non-hydrogen) atoms. The lowest BCUT2D eigenvalue weighted by molar-refractivity contribution is -0.121. The third-order valence-electron chi connectivity index (χ3n) is 2.71. The number of sulfone groups is 1. The Morgan fingerprint density at radius 1 is 1.53 bits per heavy atom. The number of hydrogen-bond donors (Lipinski definition) is 2. The molecule has 5 nitrogen and oxygen atoms in total. The summed E-state index contributed by atoms with van der Waals surface area (Å²) in [6.07, 6.45) is 1.95. The first-order valence-corrected chi connectivity index (χ1v) is 8.44.